The third-order valence-corrected chi connectivity index (χ3v) is 4.13. The van der Waals surface area contributed by atoms with E-state index in [1.807, 2.05) is 23.6 Å². The molecule has 21 heavy (non-hydrogen) atoms. The van der Waals surface area contributed by atoms with E-state index >= 15 is 0 Å². The van der Waals surface area contributed by atoms with Crippen molar-refractivity contribution in [3.05, 3.63) is 69.6 Å². The molecule has 0 unspecified atom stereocenters. The third-order valence-electron chi connectivity index (χ3n) is 3.25. The van der Waals surface area contributed by atoms with Gasteiger partial charge in [0, 0.05) is 28.6 Å². The second kappa shape index (κ2) is 5.46. The summed E-state index contributed by atoms with van der Waals surface area (Å²) >= 11 is 1.58. The Morgan fingerprint density at radius 1 is 1.10 bits per heavy atom. The number of non-ortho nitro benzene ring substituents is 1. The van der Waals surface area contributed by atoms with E-state index in [1.165, 1.54) is 17.7 Å². The van der Waals surface area contributed by atoms with E-state index in [0.29, 0.717) is 0 Å². The molecule has 1 aromatic heterocycles. The molecule has 0 saturated carbocycles. The SMILES string of the molecule is Cc1ccccc1-c1nc(-c2ccc([N+](=O)[O-])cc2)cs1. The molecule has 104 valence electrons. The monoisotopic (exact) mass is 296 g/mol. The van der Waals surface area contributed by atoms with Gasteiger partial charge in [0.25, 0.3) is 5.69 Å². The first-order chi connectivity index (χ1) is 10.1. The van der Waals surface area contributed by atoms with Crippen molar-refractivity contribution in [2.75, 3.05) is 0 Å². The van der Waals surface area contributed by atoms with E-state index in [1.54, 1.807) is 23.5 Å². The molecule has 2 aromatic carbocycles. The lowest BCUT2D eigenvalue weighted by atomic mass is 10.1. The lowest BCUT2D eigenvalue weighted by Crippen LogP contribution is -1.87. The standard InChI is InChI=1S/C16H12N2O2S/c1-11-4-2-3-5-14(11)16-17-15(10-21-16)12-6-8-13(9-7-12)18(19)20/h2-10H,1H3. The molecule has 0 aliphatic carbocycles. The minimum absolute atomic E-state index is 0.0908. The maximum Gasteiger partial charge on any atom is 0.269 e. The Balaban J connectivity index is 1.95. The van der Waals surface area contributed by atoms with Crippen molar-refractivity contribution in [1.82, 2.24) is 4.98 Å². The number of rotatable bonds is 3. The van der Waals surface area contributed by atoms with Gasteiger partial charge in [-0.1, -0.05) is 24.3 Å². The fourth-order valence-electron chi connectivity index (χ4n) is 2.10. The van der Waals surface area contributed by atoms with Gasteiger partial charge in [0.2, 0.25) is 0 Å². The van der Waals surface area contributed by atoms with Gasteiger partial charge < -0.3 is 0 Å². The zero-order valence-electron chi connectivity index (χ0n) is 11.3. The second-order valence-corrected chi connectivity index (χ2v) is 5.51. The van der Waals surface area contributed by atoms with Crippen LogP contribution >= 0.6 is 11.3 Å². The van der Waals surface area contributed by atoms with E-state index in [-0.39, 0.29) is 5.69 Å². The molecule has 5 heteroatoms. The van der Waals surface area contributed by atoms with Crippen molar-refractivity contribution in [3.63, 3.8) is 0 Å². The smallest absolute Gasteiger partial charge is 0.258 e. The summed E-state index contributed by atoms with van der Waals surface area (Å²) in [5.41, 5.74) is 4.12. The van der Waals surface area contributed by atoms with Crippen LogP contribution in [-0.2, 0) is 0 Å². The highest BCUT2D eigenvalue weighted by Crippen LogP contribution is 2.31. The third kappa shape index (κ3) is 2.68. The van der Waals surface area contributed by atoms with Crippen molar-refractivity contribution < 1.29 is 4.92 Å². The summed E-state index contributed by atoms with van der Waals surface area (Å²) in [6, 6.07) is 14.6. The number of hydrogen-bond donors (Lipinski definition) is 0. The van der Waals surface area contributed by atoms with E-state index in [4.69, 9.17) is 0 Å². The van der Waals surface area contributed by atoms with Crippen LogP contribution in [0.1, 0.15) is 5.56 Å². The number of nitro groups is 1. The quantitative estimate of drug-likeness (QED) is 0.520. The summed E-state index contributed by atoms with van der Waals surface area (Å²) in [7, 11) is 0. The van der Waals surface area contributed by atoms with Gasteiger partial charge in [-0.2, -0.15) is 0 Å². The van der Waals surface area contributed by atoms with Crippen LogP contribution in [0.3, 0.4) is 0 Å². The molecule has 0 saturated heterocycles. The summed E-state index contributed by atoms with van der Waals surface area (Å²) < 4.78 is 0. The fourth-order valence-corrected chi connectivity index (χ4v) is 3.02. The summed E-state index contributed by atoms with van der Waals surface area (Å²) in [5.74, 6) is 0. The lowest BCUT2D eigenvalue weighted by molar-refractivity contribution is -0.384. The van der Waals surface area contributed by atoms with Crippen LogP contribution < -0.4 is 0 Å². The van der Waals surface area contributed by atoms with E-state index in [0.717, 1.165) is 21.8 Å². The van der Waals surface area contributed by atoms with E-state index in [9.17, 15) is 10.1 Å². The van der Waals surface area contributed by atoms with Crippen LogP contribution in [0.2, 0.25) is 0 Å². The molecule has 0 amide bonds. The summed E-state index contributed by atoms with van der Waals surface area (Å²) in [6.45, 7) is 2.06. The van der Waals surface area contributed by atoms with E-state index < -0.39 is 4.92 Å². The molecular formula is C16H12N2O2S. The Bertz CT molecular complexity index is 794. The van der Waals surface area contributed by atoms with Crippen LogP contribution in [-0.4, -0.2) is 9.91 Å². The molecular weight excluding hydrogens is 284 g/mol. The summed E-state index contributed by atoms with van der Waals surface area (Å²) in [6.07, 6.45) is 0. The average molecular weight is 296 g/mol. The van der Waals surface area contributed by atoms with Gasteiger partial charge in [-0.05, 0) is 24.6 Å². The number of nitrogens with zero attached hydrogens (tertiary/aromatic N) is 2. The zero-order chi connectivity index (χ0) is 14.8. The highest BCUT2D eigenvalue weighted by molar-refractivity contribution is 7.13. The number of benzene rings is 2. The lowest BCUT2D eigenvalue weighted by Gasteiger charge is -2.00. The molecule has 1 heterocycles. The Kier molecular flexibility index (Phi) is 3.50. The molecule has 4 nitrogen and oxygen atoms in total. The van der Waals surface area contributed by atoms with Crippen LogP contribution in [0.25, 0.3) is 21.8 Å². The van der Waals surface area contributed by atoms with Gasteiger partial charge in [-0.3, -0.25) is 10.1 Å². The first kappa shape index (κ1) is 13.5. The Labute approximate surface area is 125 Å². The first-order valence-electron chi connectivity index (χ1n) is 6.41. The van der Waals surface area contributed by atoms with Crippen molar-refractivity contribution in [2.45, 2.75) is 6.92 Å². The molecule has 0 spiro atoms. The number of aryl methyl sites for hydroxylation is 1. The fraction of sp³-hybridized carbons (Fsp3) is 0.0625. The number of hydrogen-bond acceptors (Lipinski definition) is 4. The van der Waals surface area contributed by atoms with Crippen LogP contribution in [0.4, 0.5) is 5.69 Å². The maximum atomic E-state index is 10.7. The minimum Gasteiger partial charge on any atom is -0.258 e. The summed E-state index contributed by atoms with van der Waals surface area (Å²) in [5, 5.41) is 13.6. The van der Waals surface area contributed by atoms with Gasteiger partial charge >= 0.3 is 0 Å². The van der Waals surface area contributed by atoms with Gasteiger partial charge in [0.05, 0.1) is 10.6 Å². The number of aromatic nitrogens is 1. The normalized spacial score (nSPS) is 10.5. The number of thiazole rings is 1. The maximum absolute atomic E-state index is 10.7. The van der Waals surface area contributed by atoms with Crippen LogP contribution in [0.5, 0.6) is 0 Å². The number of nitro benzene ring substituents is 1. The molecule has 0 N–H and O–H groups in total. The predicted octanol–water partition coefficient (Wildman–Crippen LogP) is 4.69. The predicted molar refractivity (Wildman–Crippen MR) is 84.4 cm³/mol. The van der Waals surface area contributed by atoms with Gasteiger partial charge in [-0.15, -0.1) is 11.3 Å². The molecule has 3 aromatic rings. The van der Waals surface area contributed by atoms with Gasteiger partial charge in [0.1, 0.15) is 5.01 Å². The molecule has 0 radical (unpaired) electrons. The molecule has 0 atom stereocenters. The average Bonchev–Trinajstić information content (AvgIpc) is 2.97. The van der Waals surface area contributed by atoms with E-state index in [2.05, 4.69) is 18.0 Å². The minimum atomic E-state index is -0.399. The van der Waals surface area contributed by atoms with Crippen molar-refractivity contribution >= 4 is 17.0 Å². The topological polar surface area (TPSA) is 56.0 Å². The largest absolute Gasteiger partial charge is 0.269 e. The van der Waals surface area contributed by atoms with Crippen molar-refractivity contribution in [1.29, 1.82) is 0 Å². The highest BCUT2D eigenvalue weighted by atomic mass is 32.1. The molecule has 0 aliphatic rings. The van der Waals surface area contributed by atoms with Gasteiger partial charge in [0.15, 0.2) is 0 Å². The van der Waals surface area contributed by atoms with Gasteiger partial charge in [-0.25, -0.2) is 4.98 Å². The molecule has 0 fully saturated rings. The Morgan fingerprint density at radius 2 is 1.81 bits per heavy atom. The van der Waals surface area contributed by atoms with Crippen LogP contribution in [0.15, 0.2) is 53.9 Å². The van der Waals surface area contributed by atoms with Crippen LogP contribution in [0, 0.1) is 17.0 Å². The highest BCUT2D eigenvalue weighted by Gasteiger charge is 2.10. The summed E-state index contributed by atoms with van der Waals surface area (Å²) in [4.78, 5) is 14.9. The molecule has 0 aliphatic heterocycles. The Hall–Kier alpha value is -2.53. The first-order valence-corrected chi connectivity index (χ1v) is 7.29. The van der Waals surface area contributed by atoms with Crippen molar-refractivity contribution in [2.24, 2.45) is 0 Å². The zero-order valence-corrected chi connectivity index (χ0v) is 12.1. The van der Waals surface area contributed by atoms with Crippen molar-refractivity contribution in [3.8, 4) is 21.8 Å². The molecule has 3 rings (SSSR count). The Morgan fingerprint density at radius 3 is 2.48 bits per heavy atom. The second-order valence-electron chi connectivity index (χ2n) is 4.66. The molecule has 0 bridgehead atoms.